The smallest absolute Gasteiger partial charge is 0.164 e. The molecule has 0 aliphatic rings. The van der Waals surface area contributed by atoms with Gasteiger partial charge in [0.1, 0.15) is 64.8 Å². The monoisotopic (exact) mass is 2370 g/mol. The zero-order valence-corrected chi connectivity index (χ0v) is 81.5. The molecule has 0 aromatic carbocycles. The van der Waals surface area contributed by atoms with Crippen LogP contribution in [0.2, 0.25) is 78.6 Å². The molecule has 0 fully saturated rings. The quantitative estimate of drug-likeness (QED) is 0.0257. The fourth-order valence-electron chi connectivity index (χ4n) is 8.50. The van der Waals surface area contributed by atoms with E-state index in [2.05, 4.69) is 164 Å². The summed E-state index contributed by atoms with van der Waals surface area (Å²) in [5.41, 5.74) is 3.68. The van der Waals surface area contributed by atoms with E-state index in [0.717, 1.165) is 35.7 Å². The van der Waals surface area contributed by atoms with E-state index < -0.39 is 85.3 Å². The molecule has 0 aliphatic heterocycles. The first kappa shape index (κ1) is 108. The van der Waals surface area contributed by atoms with Crippen LogP contribution in [0.15, 0.2) is 195 Å². The minimum absolute atomic E-state index is 0. The van der Waals surface area contributed by atoms with Gasteiger partial charge >= 0.3 is 0 Å². The second-order valence-electron chi connectivity index (χ2n) is 31.0. The first-order chi connectivity index (χ1) is 51.9. The van der Waals surface area contributed by atoms with Crippen molar-refractivity contribution in [1.82, 2.24) is 54.8 Å². The van der Waals surface area contributed by atoms with Gasteiger partial charge in [-0.1, -0.05) is 246 Å². The van der Waals surface area contributed by atoms with E-state index in [4.69, 9.17) is 10.2 Å². The van der Waals surface area contributed by atoms with Crippen molar-refractivity contribution in [1.29, 1.82) is 0 Å². The molecule has 116 heavy (non-hydrogen) atoms. The number of pyridine rings is 10. The van der Waals surface area contributed by atoms with Crippen molar-refractivity contribution >= 4 is 70.4 Å². The average Bonchev–Trinajstić information content (AvgIpc) is 0.996. The molecule has 11 aromatic heterocycles. The van der Waals surface area contributed by atoms with Gasteiger partial charge in [-0.2, -0.15) is 6.20 Å². The van der Waals surface area contributed by atoms with Crippen LogP contribution in [0.4, 0.5) is 35.1 Å². The zero-order chi connectivity index (χ0) is 84.3. The molecule has 11 heterocycles. The number of aliphatic hydroxyl groups excluding tert-OH is 3. The summed E-state index contributed by atoms with van der Waals surface area (Å²) in [6, 6.07) is 43.7. The summed E-state index contributed by atoms with van der Waals surface area (Å²) < 4.78 is 105. The molecule has 3 N–H and O–H groups in total. The van der Waals surface area contributed by atoms with Gasteiger partial charge < -0.3 is 40.2 Å². The Labute approximate surface area is 733 Å². The third-order valence-electron chi connectivity index (χ3n) is 15.2. The van der Waals surface area contributed by atoms with Gasteiger partial charge in [0.2, 0.25) is 0 Å². The van der Waals surface area contributed by atoms with Crippen LogP contribution in [0.1, 0.15) is 61.1 Å². The molecule has 0 saturated carbocycles. The number of carbonyl (C=O) groups is 2. The number of rotatable bonds is 12. The molecule has 0 atom stereocenters. The number of aromatic nitrogens is 11. The van der Waals surface area contributed by atoms with Crippen LogP contribution in [-0.4, -0.2) is 109 Å². The predicted octanol–water partition coefficient (Wildman–Crippen LogP) is 18.5. The van der Waals surface area contributed by atoms with E-state index in [9.17, 15) is 49.8 Å². The van der Waals surface area contributed by atoms with E-state index in [0.29, 0.717) is 28.5 Å². The Kier molecular flexibility index (Phi) is 45.6. The molecule has 4 radical (unpaired) electrons. The fourth-order valence-corrected chi connectivity index (χ4v) is 12.6. The maximum absolute atomic E-state index is 13.5. The first-order valence-corrected chi connectivity index (χ1v) is 48.9. The van der Waals surface area contributed by atoms with Crippen LogP contribution in [0.25, 0.3) is 62.2 Å². The number of nitrogens with zero attached hydrogens (tertiary/aromatic N) is 11. The Hall–Kier alpha value is -8.36. The molecular weight excluding hydrogens is 2280 g/mol. The van der Waals surface area contributed by atoms with Gasteiger partial charge in [0.25, 0.3) is 0 Å². The normalized spacial score (nSPS) is 11.1. The molecule has 0 spiro atoms. The number of carbonyl (C=O) groups excluding carboxylic acids is 2. The molecular formula is C84H94F8Ir4N11O5Si4-5. The third-order valence-corrected chi connectivity index (χ3v) is 23.3. The molecule has 11 rings (SSSR count). The summed E-state index contributed by atoms with van der Waals surface area (Å²) >= 11 is 0. The van der Waals surface area contributed by atoms with Crippen LogP contribution in [0.3, 0.4) is 0 Å². The van der Waals surface area contributed by atoms with Gasteiger partial charge in [0.15, 0.2) is 11.6 Å². The van der Waals surface area contributed by atoms with E-state index in [1.807, 2.05) is 96.1 Å². The molecule has 11 aromatic rings. The molecule has 0 amide bonds. The second-order valence-corrected chi connectivity index (χ2v) is 51.3. The van der Waals surface area contributed by atoms with Crippen LogP contribution in [-0.2, 0) is 90.0 Å². The maximum atomic E-state index is 13.5. The van der Waals surface area contributed by atoms with Crippen LogP contribution >= 0.6 is 0 Å². The van der Waals surface area contributed by atoms with Gasteiger partial charge in [0, 0.05) is 146 Å². The Morgan fingerprint density at radius 1 is 0.405 bits per heavy atom. The van der Waals surface area contributed by atoms with Crippen molar-refractivity contribution in [2.24, 2.45) is 10.8 Å². The summed E-state index contributed by atoms with van der Waals surface area (Å²) in [5.74, 6) is -7.01. The molecule has 0 aliphatic carbocycles. The number of ketones is 2. The summed E-state index contributed by atoms with van der Waals surface area (Å²) in [6.45, 7) is 43.7. The second kappa shape index (κ2) is 49.1. The van der Waals surface area contributed by atoms with E-state index in [1.165, 1.54) is 46.7 Å². The van der Waals surface area contributed by atoms with Gasteiger partial charge in [-0.15, -0.1) is 30.0 Å². The maximum Gasteiger partial charge on any atom is 0.164 e. The molecule has 16 nitrogen and oxygen atoms in total. The van der Waals surface area contributed by atoms with Crippen molar-refractivity contribution in [3.63, 3.8) is 0 Å². The Morgan fingerprint density at radius 3 is 0.897 bits per heavy atom. The van der Waals surface area contributed by atoms with Crippen LogP contribution in [0, 0.1) is 82.7 Å². The molecule has 0 bridgehead atoms. The molecule has 628 valence electrons. The summed E-state index contributed by atoms with van der Waals surface area (Å²) in [4.78, 5) is 62.9. The van der Waals surface area contributed by atoms with Gasteiger partial charge in [0.05, 0.1) is 38.1 Å². The van der Waals surface area contributed by atoms with Crippen molar-refractivity contribution in [3.05, 3.63) is 272 Å². The standard InChI is InChI=1S/4C13H13F2N2Si.C11H20O2.C9H7N2.C7H7NO.C5H8O2.4Ir/c4*1-18(2,3)9-4-6-11(16-8-9)10-5-7-12(14)17-13(10)15;1-10(2,3)8(12)7-9(13)11(4,5)6;1-2-6-10-8(4-1)9-5-3-7-11-9;1-6(9)7-4-2-3-5-8-7;1-4(6)3-5(2)7;;;;/h4*4,6-8H,1-3H3;7,12H,1-6H3;1-7H;2-5,9H,1H2;3,6H,1-2H3;;;;/q4*-1;;-1;;;;;;. The molecule has 0 unspecified atom stereocenters. The van der Waals surface area contributed by atoms with Crippen molar-refractivity contribution < 1.29 is 140 Å². The van der Waals surface area contributed by atoms with E-state index in [1.54, 1.807) is 85.8 Å². The van der Waals surface area contributed by atoms with Crippen LogP contribution in [0.5, 0.6) is 0 Å². The molecule has 0 saturated heterocycles. The van der Waals surface area contributed by atoms with E-state index >= 15 is 0 Å². The van der Waals surface area contributed by atoms with Crippen molar-refractivity contribution in [2.45, 2.75) is 134 Å². The van der Waals surface area contributed by atoms with Gasteiger partial charge in [-0.3, -0.25) is 39.5 Å². The first-order valence-electron chi connectivity index (χ1n) is 34.9. The SMILES string of the molecule is C=C(O)c1ccccn1.CC(=O)C=C(C)O.CC(C)(C)C(=O)C=C(O)C(C)(C)C.C[Si](C)(C)c1ccc(-c2[c-]cc(F)nc2F)nc1.C[Si](C)(C)c1ccc(-c2[c-]cc(F)nc2F)nc1.C[Si](C)(C)c1ccc(-c2[c-]cc(F)nc2F)nc1.C[Si](C)(C)c1ccc(-c2[c-]cc(F)nc2F)nc1.[Ir].[Ir].[Ir].[Ir].c1ccc(-c2ccc[n-]2)nc1. The summed E-state index contributed by atoms with van der Waals surface area (Å²) in [5, 5.41) is 31.4. The minimum atomic E-state index is -1.42. The Bertz CT molecular complexity index is 4500. The summed E-state index contributed by atoms with van der Waals surface area (Å²) in [6.07, 6.45) is 14.6. The number of hydrogen-bond donors (Lipinski definition) is 3. The average molecular weight is 2370 g/mol. The van der Waals surface area contributed by atoms with Gasteiger partial charge in [-0.05, 0) is 81.6 Å². The fraction of sp³-hybridized carbons (Fsp3) is 0.262. The summed E-state index contributed by atoms with van der Waals surface area (Å²) in [7, 11) is -5.69. The predicted molar refractivity (Wildman–Crippen MR) is 437 cm³/mol. The zero-order valence-electron chi connectivity index (χ0n) is 67.9. The van der Waals surface area contributed by atoms with Crippen LogP contribution < -0.4 is 25.7 Å². The van der Waals surface area contributed by atoms with E-state index in [-0.39, 0.29) is 137 Å². The van der Waals surface area contributed by atoms with Crippen molar-refractivity contribution in [2.75, 3.05) is 0 Å². The number of aliphatic hydroxyl groups is 3. The number of halogens is 8. The van der Waals surface area contributed by atoms with Gasteiger partial charge in [-0.25, -0.2) is 35.1 Å². The minimum Gasteiger partial charge on any atom is -0.662 e. The number of allylic oxidation sites excluding steroid dienone is 4. The third kappa shape index (κ3) is 37.9. The largest absolute Gasteiger partial charge is 0.662 e. The molecule has 32 heteroatoms. The van der Waals surface area contributed by atoms with Crippen molar-refractivity contribution in [3.8, 4) is 56.4 Å². The Morgan fingerprint density at radius 2 is 0.716 bits per heavy atom. The number of hydrogen-bond acceptors (Lipinski definition) is 15. The Balaban J connectivity index is 0.00000132. The topological polar surface area (TPSA) is 238 Å².